The number of halogens is 1. The molecule has 3 aromatic heterocycles. The van der Waals surface area contributed by atoms with Crippen molar-refractivity contribution in [2.24, 2.45) is 5.73 Å². The molecule has 3 heterocycles. The van der Waals surface area contributed by atoms with Gasteiger partial charge in [-0.1, -0.05) is 23.7 Å². The van der Waals surface area contributed by atoms with E-state index in [1.165, 1.54) is 18.9 Å². The van der Waals surface area contributed by atoms with E-state index < -0.39 is 5.91 Å². The van der Waals surface area contributed by atoms with Crippen LogP contribution in [0.1, 0.15) is 21.7 Å². The molecule has 12 heteroatoms. The second-order valence-electron chi connectivity index (χ2n) is 7.55. The second kappa shape index (κ2) is 10.8. The van der Waals surface area contributed by atoms with E-state index in [0.717, 1.165) is 22.8 Å². The molecule has 0 saturated heterocycles. The molecule has 0 bridgehead atoms. The Bertz CT molecular complexity index is 1500. The van der Waals surface area contributed by atoms with Gasteiger partial charge in [-0.25, -0.2) is 24.9 Å². The van der Waals surface area contributed by atoms with E-state index in [9.17, 15) is 4.79 Å². The molecule has 0 atom stereocenters. The monoisotopic (exact) mass is 503 g/mol. The summed E-state index contributed by atoms with van der Waals surface area (Å²) in [4.78, 5) is 31.4. The summed E-state index contributed by atoms with van der Waals surface area (Å²) in [6, 6.07) is 14.3. The highest BCUT2D eigenvalue weighted by atomic mass is 35.5. The Morgan fingerprint density at radius 2 is 1.78 bits per heavy atom. The first-order valence-electron chi connectivity index (χ1n) is 10.7. The minimum atomic E-state index is -0.464. The average molecular weight is 504 g/mol. The number of amides is 1. The Hall–Kier alpha value is -4.61. The number of hydrogen-bond acceptors (Lipinski definition) is 9. The van der Waals surface area contributed by atoms with Crippen LogP contribution in [0.5, 0.6) is 0 Å². The van der Waals surface area contributed by atoms with Gasteiger partial charge in [-0.05, 0) is 48.9 Å². The van der Waals surface area contributed by atoms with Crippen molar-refractivity contribution in [1.82, 2.24) is 29.5 Å². The number of rotatable bonds is 5. The summed E-state index contributed by atoms with van der Waals surface area (Å²) in [5.41, 5.74) is 15.6. The van der Waals surface area contributed by atoms with Gasteiger partial charge in [0, 0.05) is 16.9 Å². The van der Waals surface area contributed by atoms with E-state index in [2.05, 4.69) is 30.2 Å². The predicted molar refractivity (Wildman–Crippen MR) is 137 cm³/mol. The lowest BCUT2D eigenvalue weighted by Crippen LogP contribution is -2.10. The van der Waals surface area contributed by atoms with Crippen molar-refractivity contribution >= 4 is 45.9 Å². The fraction of sp³-hybridized carbons (Fsp3) is 0.0833. The molecular weight excluding hydrogens is 482 g/mol. The number of aromatic nitrogens is 6. The number of nitrogens with zero attached hydrogens (tertiary/aromatic N) is 6. The van der Waals surface area contributed by atoms with Crippen LogP contribution in [0, 0.1) is 6.92 Å². The molecular formula is C24H22ClN9O2. The van der Waals surface area contributed by atoms with Gasteiger partial charge in [0.15, 0.2) is 16.6 Å². The van der Waals surface area contributed by atoms with E-state index in [4.69, 9.17) is 28.2 Å². The maximum Gasteiger partial charge on any atom is 0.248 e. The van der Waals surface area contributed by atoms with Crippen LogP contribution in [-0.2, 0) is 6.61 Å². The van der Waals surface area contributed by atoms with Crippen molar-refractivity contribution in [3.8, 4) is 5.69 Å². The molecule has 1 amide bonds. The van der Waals surface area contributed by atoms with Crippen molar-refractivity contribution in [2.75, 3.05) is 11.1 Å². The standard InChI is InChI=1S/C13H10ClN5O.C11H12N4O/c1-7-18-10-11(14)16-6-17-13(10)19(7)9-4-2-8(3-5-9)12(15)20;12-10-5-13-7-14-11(10)15-9-3-1-8(6-16)2-4-9/h2-6H,1H3,(H2,15,20);1-5,7,16H,6,12H2,(H,13,14,15). The molecule has 0 fully saturated rings. The molecule has 182 valence electrons. The number of imidazole rings is 1. The van der Waals surface area contributed by atoms with E-state index >= 15 is 0 Å². The lowest BCUT2D eigenvalue weighted by Gasteiger charge is -2.07. The summed E-state index contributed by atoms with van der Waals surface area (Å²) >= 11 is 6.01. The largest absolute Gasteiger partial charge is 0.394 e. The summed E-state index contributed by atoms with van der Waals surface area (Å²) in [6.07, 6.45) is 4.36. The van der Waals surface area contributed by atoms with Gasteiger partial charge in [0.1, 0.15) is 24.0 Å². The zero-order chi connectivity index (χ0) is 25.7. The third-order valence-electron chi connectivity index (χ3n) is 5.12. The van der Waals surface area contributed by atoms with Crippen LogP contribution in [0.25, 0.3) is 16.9 Å². The highest BCUT2D eigenvalue weighted by molar-refractivity contribution is 6.33. The number of nitrogens with one attached hydrogen (secondary N) is 1. The first-order valence-corrected chi connectivity index (χ1v) is 11.0. The zero-order valence-corrected chi connectivity index (χ0v) is 19.9. The van der Waals surface area contributed by atoms with Crippen LogP contribution in [0.3, 0.4) is 0 Å². The first-order chi connectivity index (χ1) is 17.4. The van der Waals surface area contributed by atoms with Gasteiger partial charge in [-0.3, -0.25) is 9.36 Å². The lowest BCUT2D eigenvalue weighted by molar-refractivity contribution is 0.100. The number of aliphatic hydroxyl groups excluding tert-OH is 1. The van der Waals surface area contributed by atoms with Gasteiger partial charge in [-0.15, -0.1) is 0 Å². The Labute approximate surface area is 210 Å². The first kappa shape index (κ1) is 24.5. The van der Waals surface area contributed by atoms with Crippen LogP contribution in [0.4, 0.5) is 17.2 Å². The quantitative estimate of drug-likeness (QED) is 0.263. The number of aryl methyl sites for hydroxylation is 1. The van der Waals surface area contributed by atoms with Crippen molar-refractivity contribution < 1.29 is 9.90 Å². The van der Waals surface area contributed by atoms with E-state index in [-0.39, 0.29) is 6.61 Å². The van der Waals surface area contributed by atoms with Gasteiger partial charge < -0.3 is 21.9 Å². The average Bonchev–Trinajstić information content (AvgIpc) is 3.23. The molecule has 0 spiro atoms. The highest BCUT2D eigenvalue weighted by Crippen LogP contribution is 2.23. The summed E-state index contributed by atoms with van der Waals surface area (Å²) in [5, 5.41) is 12.3. The number of carbonyl (C=O) groups is 1. The predicted octanol–water partition coefficient (Wildman–Crippen LogP) is 3.17. The summed E-state index contributed by atoms with van der Waals surface area (Å²) in [6.45, 7) is 1.88. The zero-order valence-electron chi connectivity index (χ0n) is 19.1. The summed E-state index contributed by atoms with van der Waals surface area (Å²) < 4.78 is 1.84. The third kappa shape index (κ3) is 5.37. The number of anilines is 3. The number of hydrogen-bond donors (Lipinski definition) is 4. The van der Waals surface area contributed by atoms with Crippen molar-refractivity contribution in [3.05, 3.63) is 89.5 Å². The second-order valence-corrected chi connectivity index (χ2v) is 7.91. The minimum Gasteiger partial charge on any atom is -0.394 e. The molecule has 0 unspecified atom stereocenters. The van der Waals surface area contributed by atoms with Crippen molar-refractivity contribution in [2.45, 2.75) is 13.5 Å². The molecule has 6 N–H and O–H groups in total. The molecule has 0 saturated carbocycles. The topological polar surface area (TPSA) is 171 Å². The van der Waals surface area contributed by atoms with Crippen LogP contribution < -0.4 is 16.8 Å². The molecule has 0 aliphatic carbocycles. The van der Waals surface area contributed by atoms with Crippen LogP contribution in [0.15, 0.2) is 67.4 Å². The molecule has 11 nitrogen and oxygen atoms in total. The van der Waals surface area contributed by atoms with Gasteiger partial charge in [0.25, 0.3) is 0 Å². The van der Waals surface area contributed by atoms with Crippen LogP contribution in [-0.4, -0.2) is 40.5 Å². The Kier molecular flexibility index (Phi) is 7.33. The van der Waals surface area contributed by atoms with Crippen LogP contribution >= 0.6 is 11.6 Å². The number of aliphatic hydroxyl groups is 1. The van der Waals surface area contributed by atoms with E-state index in [1.807, 2.05) is 35.8 Å². The van der Waals surface area contributed by atoms with Gasteiger partial charge in [-0.2, -0.15) is 0 Å². The molecule has 2 aromatic carbocycles. The van der Waals surface area contributed by atoms with Gasteiger partial charge >= 0.3 is 0 Å². The van der Waals surface area contributed by atoms with E-state index in [0.29, 0.717) is 33.4 Å². The number of nitrogens with two attached hydrogens (primary N) is 2. The fourth-order valence-corrected chi connectivity index (χ4v) is 3.50. The van der Waals surface area contributed by atoms with E-state index in [1.54, 1.807) is 24.3 Å². The van der Waals surface area contributed by atoms with Gasteiger partial charge in [0.2, 0.25) is 5.91 Å². The third-order valence-corrected chi connectivity index (χ3v) is 5.39. The maximum atomic E-state index is 11.1. The number of primary amides is 1. The molecule has 0 radical (unpaired) electrons. The maximum absolute atomic E-state index is 11.1. The minimum absolute atomic E-state index is 0.0376. The number of benzene rings is 2. The van der Waals surface area contributed by atoms with Crippen molar-refractivity contribution in [3.63, 3.8) is 0 Å². The number of nitrogen functional groups attached to an aromatic ring is 1. The Morgan fingerprint density at radius 3 is 2.42 bits per heavy atom. The van der Waals surface area contributed by atoms with Crippen molar-refractivity contribution in [1.29, 1.82) is 0 Å². The SMILES string of the molecule is Cc1nc2c(Cl)ncnc2n1-c1ccc(C(N)=O)cc1.Nc1cncnc1Nc1ccc(CO)cc1. The Balaban J connectivity index is 0.000000174. The normalized spacial score (nSPS) is 10.5. The number of fused-ring (bicyclic) bond motifs is 1. The summed E-state index contributed by atoms with van der Waals surface area (Å²) in [7, 11) is 0. The highest BCUT2D eigenvalue weighted by Gasteiger charge is 2.14. The molecule has 5 rings (SSSR count). The molecule has 36 heavy (non-hydrogen) atoms. The summed E-state index contributed by atoms with van der Waals surface area (Å²) in [5.74, 6) is 0.843. The molecule has 0 aliphatic rings. The van der Waals surface area contributed by atoms with Gasteiger partial charge in [0.05, 0.1) is 18.5 Å². The fourth-order valence-electron chi connectivity index (χ4n) is 3.33. The van der Waals surface area contributed by atoms with Crippen LogP contribution in [0.2, 0.25) is 5.15 Å². The number of carbonyl (C=O) groups excluding carboxylic acids is 1. The smallest absolute Gasteiger partial charge is 0.248 e. The lowest BCUT2D eigenvalue weighted by atomic mass is 10.2. The molecule has 0 aliphatic heterocycles. The molecule has 5 aromatic rings. The Morgan fingerprint density at radius 1 is 1.06 bits per heavy atom.